The zero-order valence-corrected chi connectivity index (χ0v) is 22.1. The lowest BCUT2D eigenvalue weighted by Gasteiger charge is -2.25. The summed E-state index contributed by atoms with van der Waals surface area (Å²) in [6, 6.07) is 2.08. The molecule has 4 aromatic rings. The first-order chi connectivity index (χ1) is 18.0. The molecule has 2 aliphatic rings. The summed E-state index contributed by atoms with van der Waals surface area (Å²) in [5.74, 6) is 1.87. The molecule has 1 unspecified atom stereocenters. The number of aryl methyl sites for hydroxylation is 1. The van der Waals surface area contributed by atoms with Gasteiger partial charge in [-0.25, -0.2) is 24.9 Å². The standard InChI is InChI=1S/C24H29ClN10OS/c1-2-15-19(25)18-22(30-15)32-24(33-23(18)35-4-3-13(26)11-35)37-14-9-16-20(28-10-14)21(27)31-17(29-16)12-34-5-7-36-8-6-34/h9-10,13H,2-8,11-12,26H2,1H3,(H2,27,29,31)(H,30,32,33). The van der Waals surface area contributed by atoms with Crippen molar-refractivity contribution in [2.75, 3.05) is 50.0 Å². The molecule has 2 aliphatic heterocycles. The van der Waals surface area contributed by atoms with E-state index in [4.69, 9.17) is 42.8 Å². The van der Waals surface area contributed by atoms with Crippen LogP contribution in [0.15, 0.2) is 22.3 Å². The number of morpholine rings is 1. The molecule has 0 amide bonds. The van der Waals surface area contributed by atoms with E-state index in [9.17, 15) is 0 Å². The van der Waals surface area contributed by atoms with E-state index >= 15 is 0 Å². The summed E-state index contributed by atoms with van der Waals surface area (Å²) in [4.78, 5) is 32.2. The number of fused-ring (bicyclic) bond motifs is 2. The summed E-state index contributed by atoms with van der Waals surface area (Å²) in [6.07, 6.45) is 3.45. The second-order valence-corrected chi connectivity index (χ2v) is 10.8. The number of rotatable bonds is 6. The van der Waals surface area contributed by atoms with Crippen molar-refractivity contribution < 1.29 is 4.74 Å². The van der Waals surface area contributed by atoms with Gasteiger partial charge in [-0.3, -0.25) is 4.90 Å². The van der Waals surface area contributed by atoms with E-state index in [0.29, 0.717) is 52.6 Å². The number of nitrogens with two attached hydrogens (primary N) is 2. The lowest BCUT2D eigenvalue weighted by atomic mass is 10.3. The van der Waals surface area contributed by atoms with Crippen LogP contribution >= 0.6 is 23.4 Å². The minimum Gasteiger partial charge on any atom is -0.382 e. The summed E-state index contributed by atoms with van der Waals surface area (Å²) >= 11 is 8.16. The van der Waals surface area contributed by atoms with Crippen LogP contribution in [-0.2, 0) is 17.7 Å². The van der Waals surface area contributed by atoms with Crippen molar-refractivity contribution in [3.8, 4) is 0 Å². The number of H-pyrrole nitrogens is 1. The number of anilines is 2. The molecule has 5 N–H and O–H groups in total. The van der Waals surface area contributed by atoms with Gasteiger partial charge in [0.2, 0.25) is 0 Å². The fourth-order valence-electron chi connectivity index (χ4n) is 4.83. The van der Waals surface area contributed by atoms with E-state index in [2.05, 4.69) is 31.7 Å². The van der Waals surface area contributed by atoms with Crippen LogP contribution in [0.5, 0.6) is 0 Å². The van der Waals surface area contributed by atoms with Crippen LogP contribution in [0.2, 0.25) is 5.02 Å². The first-order valence-electron chi connectivity index (χ1n) is 12.5. The summed E-state index contributed by atoms with van der Waals surface area (Å²) in [6.45, 7) is 7.38. The van der Waals surface area contributed by atoms with Crippen LogP contribution in [0.4, 0.5) is 11.6 Å². The van der Waals surface area contributed by atoms with E-state index in [1.54, 1.807) is 6.20 Å². The molecule has 2 saturated heterocycles. The van der Waals surface area contributed by atoms with Crippen molar-refractivity contribution in [3.63, 3.8) is 0 Å². The van der Waals surface area contributed by atoms with Gasteiger partial charge in [0.25, 0.3) is 0 Å². The fourth-order valence-corrected chi connectivity index (χ4v) is 5.94. The van der Waals surface area contributed by atoms with Crippen molar-refractivity contribution in [1.82, 2.24) is 34.8 Å². The molecule has 0 radical (unpaired) electrons. The van der Waals surface area contributed by atoms with Gasteiger partial charge in [0.1, 0.15) is 22.8 Å². The van der Waals surface area contributed by atoms with Gasteiger partial charge >= 0.3 is 0 Å². The van der Waals surface area contributed by atoms with Crippen LogP contribution < -0.4 is 16.4 Å². The maximum absolute atomic E-state index is 6.73. The van der Waals surface area contributed by atoms with Gasteiger partial charge in [0.15, 0.2) is 11.0 Å². The second kappa shape index (κ2) is 10.2. The highest BCUT2D eigenvalue weighted by Crippen LogP contribution is 2.37. The highest BCUT2D eigenvalue weighted by molar-refractivity contribution is 7.99. The second-order valence-electron chi connectivity index (χ2n) is 9.37. The Bertz CT molecular complexity index is 1460. The molecule has 4 aromatic heterocycles. The van der Waals surface area contributed by atoms with Gasteiger partial charge in [-0.1, -0.05) is 18.5 Å². The molecule has 0 aromatic carbocycles. The largest absolute Gasteiger partial charge is 0.382 e. The molecule has 13 heteroatoms. The van der Waals surface area contributed by atoms with E-state index in [1.165, 1.54) is 11.8 Å². The van der Waals surface area contributed by atoms with E-state index in [-0.39, 0.29) is 6.04 Å². The molecule has 194 valence electrons. The Morgan fingerprint density at radius 1 is 1.19 bits per heavy atom. The van der Waals surface area contributed by atoms with E-state index in [1.807, 2.05) is 6.07 Å². The van der Waals surface area contributed by atoms with Crippen molar-refractivity contribution in [1.29, 1.82) is 0 Å². The van der Waals surface area contributed by atoms with Crippen molar-refractivity contribution >= 4 is 57.1 Å². The van der Waals surface area contributed by atoms with E-state index < -0.39 is 0 Å². The predicted octanol–water partition coefficient (Wildman–Crippen LogP) is 2.61. The number of hydrogen-bond donors (Lipinski definition) is 3. The SMILES string of the molecule is CCc1[nH]c2nc(Sc3cnc4c(N)nc(CN5CCOCC5)nc4c3)nc(N3CCC(N)C3)c2c1Cl. The maximum atomic E-state index is 6.73. The van der Waals surface area contributed by atoms with Gasteiger partial charge < -0.3 is 26.1 Å². The summed E-state index contributed by atoms with van der Waals surface area (Å²) in [5, 5.41) is 2.12. The average Bonchev–Trinajstić information content (AvgIpc) is 3.46. The highest BCUT2D eigenvalue weighted by Gasteiger charge is 2.26. The zero-order valence-electron chi connectivity index (χ0n) is 20.6. The fraction of sp³-hybridized carbons (Fsp3) is 0.458. The normalized spacial score (nSPS) is 18.9. The Hall–Kier alpha value is -2.77. The maximum Gasteiger partial charge on any atom is 0.196 e. The first-order valence-corrected chi connectivity index (χ1v) is 13.7. The number of ether oxygens (including phenoxy) is 1. The van der Waals surface area contributed by atoms with Crippen LogP contribution in [0.25, 0.3) is 22.1 Å². The smallest absolute Gasteiger partial charge is 0.196 e. The summed E-state index contributed by atoms with van der Waals surface area (Å²) in [7, 11) is 0. The minimum atomic E-state index is 0.117. The predicted molar refractivity (Wildman–Crippen MR) is 145 cm³/mol. The Kier molecular flexibility index (Phi) is 6.76. The molecule has 0 saturated carbocycles. The average molecular weight is 541 g/mol. The number of aromatic amines is 1. The molecule has 6 heterocycles. The molecular formula is C24H29ClN10OS. The topological polar surface area (TPSA) is 148 Å². The number of aromatic nitrogens is 6. The molecule has 2 fully saturated rings. The van der Waals surface area contributed by atoms with Crippen molar-refractivity contribution in [2.45, 2.75) is 42.4 Å². The summed E-state index contributed by atoms with van der Waals surface area (Å²) in [5.41, 5.74) is 15.4. The van der Waals surface area contributed by atoms with Crippen molar-refractivity contribution in [2.24, 2.45) is 5.73 Å². The zero-order chi connectivity index (χ0) is 25.5. The van der Waals surface area contributed by atoms with Crippen molar-refractivity contribution in [3.05, 3.63) is 28.8 Å². The van der Waals surface area contributed by atoms with Gasteiger partial charge in [-0.05, 0) is 30.7 Å². The number of pyridine rings is 1. The van der Waals surface area contributed by atoms with E-state index in [0.717, 1.165) is 66.5 Å². The summed E-state index contributed by atoms with van der Waals surface area (Å²) < 4.78 is 5.44. The highest BCUT2D eigenvalue weighted by atomic mass is 35.5. The van der Waals surface area contributed by atoms with Crippen LogP contribution in [0, 0.1) is 0 Å². The molecule has 0 bridgehead atoms. The van der Waals surface area contributed by atoms with Gasteiger partial charge in [0.05, 0.1) is 35.7 Å². The number of nitrogens with zero attached hydrogens (tertiary/aromatic N) is 7. The first kappa shape index (κ1) is 24.6. The molecule has 37 heavy (non-hydrogen) atoms. The third kappa shape index (κ3) is 4.91. The minimum absolute atomic E-state index is 0.117. The Morgan fingerprint density at radius 2 is 2.03 bits per heavy atom. The number of halogens is 1. The number of nitrogen functional groups attached to an aromatic ring is 1. The number of nitrogens with one attached hydrogen (secondary N) is 1. The van der Waals surface area contributed by atoms with Gasteiger partial charge in [-0.15, -0.1) is 0 Å². The lowest BCUT2D eigenvalue weighted by Crippen LogP contribution is -2.36. The molecule has 0 aliphatic carbocycles. The monoisotopic (exact) mass is 540 g/mol. The number of hydrogen-bond acceptors (Lipinski definition) is 11. The van der Waals surface area contributed by atoms with Crippen LogP contribution in [0.1, 0.15) is 24.9 Å². The van der Waals surface area contributed by atoms with Gasteiger partial charge in [0, 0.05) is 49.0 Å². The van der Waals surface area contributed by atoms with Gasteiger partial charge in [-0.2, -0.15) is 0 Å². The van der Waals surface area contributed by atoms with Crippen LogP contribution in [-0.4, -0.2) is 80.2 Å². The lowest BCUT2D eigenvalue weighted by molar-refractivity contribution is 0.0331. The molecular weight excluding hydrogens is 512 g/mol. The molecule has 0 spiro atoms. The quantitative estimate of drug-likeness (QED) is 0.310. The Labute approximate surface area is 223 Å². The molecule has 6 rings (SSSR count). The third-order valence-electron chi connectivity index (χ3n) is 6.76. The van der Waals surface area contributed by atoms with Crippen LogP contribution in [0.3, 0.4) is 0 Å². The Morgan fingerprint density at radius 3 is 2.78 bits per heavy atom. The third-order valence-corrected chi connectivity index (χ3v) is 8.00. The molecule has 1 atom stereocenters. The Balaban J connectivity index is 1.34. The molecule has 11 nitrogen and oxygen atoms in total.